The molecule has 1 aromatic carbocycles. The van der Waals surface area contributed by atoms with Crippen molar-refractivity contribution < 1.29 is 14.3 Å². The normalized spacial score (nSPS) is 25.9. The number of hydrogen-bond donors (Lipinski definition) is 1. The lowest BCUT2D eigenvalue weighted by atomic mass is 9.88. The molecular weight excluding hydrogens is 262 g/mol. The van der Waals surface area contributed by atoms with Gasteiger partial charge in [0.2, 0.25) is 0 Å². The first kappa shape index (κ1) is 14.1. The highest BCUT2D eigenvalue weighted by atomic mass is 32.2. The third-order valence-electron chi connectivity index (χ3n) is 3.53. The second kappa shape index (κ2) is 5.74. The van der Waals surface area contributed by atoms with Crippen LogP contribution >= 0.6 is 11.8 Å². The van der Waals surface area contributed by atoms with E-state index in [9.17, 15) is 4.79 Å². The smallest absolute Gasteiger partial charge is 0.332 e. The zero-order valence-electron chi connectivity index (χ0n) is 11.4. The third kappa shape index (κ3) is 2.66. The van der Waals surface area contributed by atoms with Gasteiger partial charge in [-0.3, -0.25) is 0 Å². The fourth-order valence-electron chi connectivity index (χ4n) is 2.29. The number of benzene rings is 1. The Morgan fingerprint density at radius 3 is 2.84 bits per heavy atom. The first-order chi connectivity index (χ1) is 9.12. The number of esters is 1. The molecule has 0 aromatic heterocycles. The molecule has 4 nitrogen and oxygen atoms in total. The molecule has 0 aliphatic carbocycles. The van der Waals surface area contributed by atoms with Crippen molar-refractivity contribution in [2.75, 3.05) is 31.0 Å². The molecule has 1 fully saturated rings. The van der Waals surface area contributed by atoms with Gasteiger partial charge in [0.05, 0.1) is 14.2 Å². The zero-order chi connectivity index (χ0) is 13.9. The molecule has 0 amide bonds. The third-order valence-corrected chi connectivity index (χ3v) is 4.92. The van der Waals surface area contributed by atoms with E-state index in [1.165, 1.54) is 7.11 Å². The highest BCUT2D eigenvalue weighted by Crippen LogP contribution is 2.37. The number of ether oxygens (including phenoxy) is 2. The van der Waals surface area contributed by atoms with E-state index in [0.29, 0.717) is 0 Å². The van der Waals surface area contributed by atoms with Gasteiger partial charge >= 0.3 is 5.97 Å². The minimum Gasteiger partial charge on any atom is -0.497 e. The molecule has 1 heterocycles. The maximum Gasteiger partial charge on any atom is 0.332 e. The topological polar surface area (TPSA) is 47.6 Å². The van der Waals surface area contributed by atoms with Gasteiger partial charge in [-0.05, 0) is 23.8 Å². The molecule has 0 bridgehead atoms. The summed E-state index contributed by atoms with van der Waals surface area (Å²) in [5, 5.41) is 3.35. The van der Waals surface area contributed by atoms with Crippen molar-refractivity contribution >= 4 is 23.4 Å². The van der Waals surface area contributed by atoms with Gasteiger partial charge in [0.15, 0.2) is 0 Å². The van der Waals surface area contributed by atoms with Gasteiger partial charge in [0.25, 0.3) is 0 Å². The first-order valence-electron chi connectivity index (χ1n) is 6.21. The zero-order valence-corrected chi connectivity index (χ0v) is 12.3. The van der Waals surface area contributed by atoms with Crippen LogP contribution in [0, 0.1) is 5.92 Å². The van der Waals surface area contributed by atoms with E-state index in [4.69, 9.17) is 9.47 Å². The van der Waals surface area contributed by atoms with Crippen molar-refractivity contribution in [1.29, 1.82) is 0 Å². The molecule has 104 valence electrons. The van der Waals surface area contributed by atoms with Crippen LogP contribution in [-0.2, 0) is 9.53 Å². The monoisotopic (exact) mass is 281 g/mol. The molecule has 2 atom stereocenters. The standard InChI is InChI=1S/C14H19NO3S/c1-10-8-19-9-14(10,13(16)18-3)15-11-5-4-6-12(7-11)17-2/h4-7,10,15H,8-9H2,1-3H3. The van der Waals surface area contributed by atoms with Crippen molar-refractivity contribution in [3.05, 3.63) is 24.3 Å². The second-order valence-electron chi connectivity index (χ2n) is 4.74. The Morgan fingerprint density at radius 2 is 2.26 bits per heavy atom. The maximum atomic E-state index is 12.2. The van der Waals surface area contributed by atoms with Crippen LogP contribution in [0.15, 0.2) is 24.3 Å². The minimum atomic E-state index is -0.647. The molecule has 5 heteroatoms. The fraction of sp³-hybridized carbons (Fsp3) is 0.500. The van der Waals surface area contributed by atoms with Gasteiger partial charge in [-0.2, -0.15) is 11.8 Å². The predicted molar refractivity (Wildman–Crippen MR) is 77.9 cm³/mol. The summed E-state index contributed by atoms with van der Waals surface area (Å²) < 4.78 is 10.2. The van der Waals surface area contributed by atoms with Crippen molar-refractivity contribution in [2.24, 2.45) is 5.92 Å². The lowest BCUT2D eigenvalue weighted by Gasteiger charge is -2.32. The summed E-state index contributed by atoms with van der Waals surface area (Å²) >= 11 is 1.77. The Bertz CT molecular complexity index is 466. The first-order valence-corrected chi connectivity index (χ1v) is 7.36. The summed E-state index contributed by atoms with van der Waals surface area (Å²) in [5.74, 6) is 2.46. The van der Waals surface area contributed by atoms with Gasteiger partial charge in [-0.15, -0.1) is 0 Å². The Hall–Kier alpha value is -1.36. The molecule has 0 radical (unpaired) electrons. The Kier molecular flexibility index (Phi) is 4.24. The van der Waals surface area contributed by atoms with Crippen molar-refractivity contribution in [2.45, 2.75) is 12.5 Å². The SMILES string of the molecule is COC(=O)C1(Nc2cccc(OC)c2)CSCC1C. The van der Waals surface area contributed by atoms with Crippen LogP contribution in [0.5, 0.6) is 5.75 Å². The van der Waals surface area contributed by atoms with Crippen molar-refractivity contribution in [3.8, 4) is 5.75 Å². The summed E-state index contributed by atoms with van der Waals surface area (Å²) in [6, 6.07) is 7.60. The number of anilines is 1. The quantitative estimate of drug-likeness (QED) is 0.859. The van der Waals surface area contributed by atoms with Crippen molar-refractivity contribution in [1.82, 2.24) is 0 Å². The molecule has 19 heavy (non-hydrogen) atoms. The van der Waals surface area contributed by atoms with E-state index >= 15 is 0 Å². The fourth-order valence-corrected chi connectivity index (χ4v) is 3.84. The molecule has 1 aromatic rings. The second-order valence-corrected chi connectivity index (χ2v) is 5.77. The Balaban J connectivity index is 2.28. The molecular formula is C14H19NO3S. The van der Waals surface area contributed by atoms with Crippen LogP contribution in [0.3, 0.4) is 0 Å². The number of rotatable bonds is 4. The van der Waals surface area contributed by atoms with Gasteiger partial charge in [0.1, 0.15) is 11.3 Å². The largest absolute Gasteiger partial charge is 0.497 e. The highest BCUT2D eigenvalue weighted by molar-refractivity contribution is 7.99. The molecule has 2 rings (SSSR count). The lowest BCUT2D eigenvalue weighted by Crippen LogP contribution is -2.52. The van der Waals surface area contributed by atoms with Gasteiger partial charge in [0, 0.05) is 17.5 Å². The Morgan fingerprint density at radius 1 is 1.47 bits per heavy atom. The minimum absolute atomic E-state index is 0.201. The van der Waals surface area contributed by atoms with Gasteiger partial charge < -0.3 is 14.8 Å². The summed E-state index contributed by atoms with van der Waals surface area (Å²) in [5.41, 5.74) is 0.227. The van der Waals surface area contributed by atoms with Crippen LogP contribution in [0.4, 0.5) is 5.69 Å². The lowest BCUT2D eigenvalue weighted by molar-refractivity contribution is -0.146. The maximum absolute atomic E-state index is 12.2. The van der Waals surface area contributed by atoms with Crippen LogP contribution < -0.4 is 10.1 Å². The number of carbonyl (C=O) groups excluding carboxylic acids is 1. The van der Waals surface area contributed by atoms with E-state index in [0.717, 1.165) is 22.9 Å². The molecule has 0 saturated carbocycles. The van der Waals surface area contributed by atoms with Crippen molar-refractivity contribution in [3.63, 3.8) is 0 Å². The number of nitrogens with one attached hydrogen (secondary N) is 1. The van der Waals surface area contributed by atoms with Crippen LogP contribution in [0.1, 0.15) is 6.92 Å². The average Bonchev–Trinajstić information content (AvgIpc) is 2.80. The number of hydrogen-bond acceptors (Lipinski definition) is 5. The summed E-state index contributed by atoms with van der Waals surface area (Å²) in [6.45, 7) is 2.07. The Labute approximate surface area is 117 Å². The van der Waals surface area contributed by atoms with Crippen LogP contribution in [0.25, 0.3) is 0 Å². The number of thioether (sulfide) groups is 1. The van der Waals surface area contributed by atoms with Crippen LogP contribution in [-0.4, -0.2) is 37.2 Å². The van der Waals surface area contributed by atoms with Crippen LogP contribution in [0.2, 0.25) is 0 Å². The average molecular weight is 281 g/mol. The molecule has 1 saturated heterocycles. The molecule has 1 aliphatic rings. The number of carbonyl (C=O) groups is 1. The predicted octanol–water partition coefficient (Wildman–Crippen LogP) is 2.40. The van der Waals surface area contributed by atoms with E-state index in [1.807, 2.05) is 24.3 Å². The molecule has 2 unspecified atom stereocenters. The molecule has 1 aliphatic heterocycles. The van der Waals surface area contributed by atoms with E-state index in [-0.39, 0.29) is 11.9 Å². The van der Waals surface area contributed by atoms with Gasteiger partial charge in [-0.25, -0.2) is 4.79 Å². The summed E-state index contributed by atoms with van der Waals surface area (Å²) in [6.07, 6.45) is 0. The van der Waals surface area contributed by atoms with Gasteiger partial charge in [-0.1, -0.05) is 13.0 Å². The van der Waals surface area contributed by atoms with E-state index < -0.39 is 5.54 Å². The highest BCUT2D eigenvalue weighted by Gasteiger charge is 2.48. The van der Waals surface area contributed by atoms with E-state index in [2.05, 4.69) is 12.2 Å². The van der Waals surface area contributed by atoms with E-state index in [1.54, 1.807) is 18.9 Å². The number of methoxy groups -OCH3 is 2. The molecule has 0 spiro atoms. The summed E-state index contributed by atoms with van der Waals surface area (Å²) in [7, 11) is 3.07. The summed E-state index contributed by atoms with van der Waals surface area (Å²) in [4.78, 5) is 12.2. The molecule has 1 N–H and O–H groups in total.